The number of thioether (sulfide) groups is 2. The Morgan fingerprint density at radius 3 is 1.60 bits per heavy atom. The molecule has 2 aliphatic rings. The van der Waals surface area contributed by atoms with Gasteiger partial charge in [-0.1, -0.05) is 0 Å². The summed E-state index contributed by atoms with van der Waals surface area (Å²) >= 11 is 4.10. The number of hydrogen-bond acceptors (Lipinski definition) is 6. The van der Waals surface area contributed by atoms with Crippen molar-refractivity contribution in [2.24, 2.45) is 11.8 Å². The zero-order chi connectivity index (χ0) is 17.7. The molecule has 2 rings (SSSR count). The molecule has 0 aliphatic carbocycles. The molecule has 2 unspecified atom stereocenters. The molecule has 25 heavy (non-hydrogen) atoms. The number of carbonyl (C=O) groups is 2. The van der Waals surface area contributed by atoms with Gasteiger partial charge in [0.15, 0.2) is 0 Å². The summed E-state index contributed by atoms with van der Waals surface area (Å²) in [6, 6.07) is 0. The first-order valence-electron chi connectivity index (χ1n) is 9.71. The van der Waals surface area contributed by atoms with Crippen molar-refractivity contribution in [1.82, 2.24) is 0 Å². The molecule has 144 valence electrons. The SMILES string of the molecule is O=C1CC(CCCSCCCSCCCC2CCOC(=O)C2)CCO1. The van der Waals surface area contributed by atoms with Gasteiger partial charge in [0.05, 0.1) is 13.2 Å². The highest BCUT2D eigenvalue weighted by Crippen LogP contribution is 2.23. The van der Waals surface area contributed by atoms with Gasteiger partial charge in [-0.15, -0.1) is 0 Å². The molecule has 0 aromatic heterocycles. The van der Waals surface area contributed by atoms with Crippen molar-refractivity contribution < 1.29 is 19.1 Å². The van der Waals surface area contributed by atoms with Gasteiger partial charge < -0.3 is 9.47 Å². The summed E-state index contributed by atoms with van der Waals surface area (Å²) in [6.07, 6.45) is 9.42. The molecule has 4 nitrogen and oxygen atoms in total. The zero-order valence-corrected chi connectivity index (χ0v) is 16.8. The van der Waals surface area contributed by atoms with Crippen LogP contribution in [-0.2, 0) is 19.1 Å². The molecule has 2 heterocycles. The first-order valence-corrected chi connectivity index (χ1v) is 12.0. The second-order valence-electron chi connectivity index (χ2n) is 7.02. The lowest BCUT2D eigenvalue weighted by atomic mass is 9.95. The number of ether oxygens (including phenoxy) is 2. The van der Waals surface area contributed by atoms with E-state index in [9.17, 15) is 9.59 Å². The van der Waals surface area contributed by atoms with Crippen LogP contribution in [0.15, 0.2) is 0 Å². The lowest BCUT2D eigenvalue weighted by Crippen LogP contribution is -2.20. The van der Waals surface area contributed by atoms with Crippen LogP contribution in [0.1, 0.15) is 57.8 Å². The van der Waals surface area contributed by atoms with Crippen molar-refractivity contribution in [2.45, 2.75) is 57.8 Å². The molecule has 2 aliphatic heterocycles. The molecule has 0 aromatic rings. The molecule has 0 spiro atoms. The largest absolute Gasteiger partial charge is 0.466 e. The lowest BCUT2D eigenvalue weighted by molar-refractivity contribution is -0.150. The highest BCUT2D eigenvalue weighted by atomic mass is 32.2. The van der Waals surface area contributed by atoms with Gasteiger partial charge in [-0.3, -0.25) is 9.59 Å². The molecule has 0 amide bonds. The summed E-state index contributed by atoms with van der Waals surface area (Å²) in [5, 5.41) is 0. The smallest absolute Gasteiger partial charge is 0.306 e. The van der Waals surface area contributed by atoms with Crippen molar-refractivity contribution in [1.29, 1.82) is 0 Å². The second-order valence-corrected chi connectivity index (χ2v) is 9.47. The molecule has 0 N–H and O–H groups in total. The van der Waals surface area contributed by atoms with Gasteiger partial charge in [0, 0.05) is 12.8 Å². The number of cyclic esters (lactones) is 2. The summed E-state index contributed by atoms with van der Waals surface area (Å²) in [6.45, 7) is 1.25. The third-order valence-corrected chi connectivity index (χ3v) is 7.18. The van der Waals surface area contributed by atoms with Crippen LogP contribution in [-0.4, -0.2) is 48.2 Å². The maximum atomic E-state index is 11.2. The monoisotopic (exact) mass is 388 g/mol. The summed E-state index contributed by atoms with van der Waals surface area (Å²) in [5.74, 6) is 6.02. The van der Waals surface area contributed by atoms with E-state index in [1.807, 2.05) is 23.5 Å². The maximum Gasteiger partial charge on any atom is 0.306 e. The fourth-order valence-corrected chi connectivity index (χ4v) is 5.41. The lowest BCUT2D eigenvalue weighted by Gasteiger charge is -2.20. The molecule has 0 aromatic carbocycles. The summed E-state index contributed by atoms with van der Waals surface area (Å²) in [7, 11) is 0. The van der Waals surface area contributed by atoms with Crippen LogP contribution >= 0.6 is 23.5 Å². The quantitative estimate of drug-likeness (QED) is 0.367. The van der Waals surface area contributed by atoms with Gasteiger partial charge in [-0.25, -0.2) is 0 Å². The van der Waals surface area contributed by atoms with E-state index in [-0.39, 0.29) is 11.9 Å². The van der Waals surface area contributed by atoms with Crippen molar-refractivity contribution in [3.63, 3.8) is 0 Å². The Morgan fingerprint density at radius 2 is 1.16 bits per heavy atom. The predicted molar refractivity (Wildman–Crippen MR) is 105 cm³/mol. The maximum absolute atomic E-state index is 11.2. The zero-order valence-electron chi connectivity index (χ0n) is 15.2. The molecule has 0 bridgehead atoms. The van der Waals surface area contributed by atoms with Crippen LogP contribution in [0.25, 0.3) is 0 Å². The van der Waals surface area contributed by atoms with E-state index in [1.54, 1.807) is 0 Å². The normalized spacial score (nSPS) is 24.0. The predicted octanol–water partition coefficient (Wildman–Crippen LogP) is 4.31. The van der Waals surface area contributed by atoms with E-state index in [0.29, 0.717) is 37.9 Å². The average molecular weight is 389 g/mol. The summed E-state index contributed by atoms with van der Waals surface area (Å²) < 4.78 is 9.96. The third-order valence-electron chi connectivity index (χ3n) is 4.87. The first-order chi connectivity index (χ1) is 12.2. The second kappa shape index (κ2) is 12.9. The number of rotatable bonds is 12. The van der Waals surface area contributed by atoms with Gasteiger partial charge in [0.2, 0.25) is 0 Å². The average Bonchev–Trinajstić information content (AvgIpc) is 2.60. The first kappa shape index (κ1) is 20.9. The molecular weight excluding hydrogens is 356 g/mol. The molecule has 6 heteroatoms. The fraction of sp³-hybridized carbons (Fsp3) is 0.895. The molecule has 2 saturated heterocycles. The van der Waals surface area contributed by atoms with Crippen LogP contribution < -0.4 is 0 Å². The van der Waals surface area contributed by atoms with E-state index < -0.39 is 0 Å². The summed E-state index contributed by atoms with van der Waals surface area (Å²) in [4.78, 5) is 22.4. The molecule has 2 atom stereocenters. The number of hydrogen-bond donors (Lipinski definition) is 0. The van der Waals surface area contributed by atoms with E-state index in [1.165, 1.54) is 55.1 Å². The Labute approximate surface area is 160 Å². The summed E-state index contributed by atoms with van der Waals surface area (Å²) in [5.41, 5.74) is 0. The van der Waals surface area contributed by atoms with Gasteiger partial charge in [0.1, 0.15) is 0 Å². The van der Waals surface area contributed by atoms with Crippen molar-refractivity contribution >= 4 is 35.5 Å². The van der Waals surface area contributed by atoms with E-state index in [2.05, 4.69) is 0 Å². The van der Waals surface area contributed by atoms with Crippen LogP contribution in [0.5, 0.6) is 0 Å². The highest BCUT2D eigenvalue weighted by Gasteiger charge is 2.20. The Morgan fingerprint density at radius 1 is 0.720 bits per heavy atom. The highest BCUT2D eigenvalue weighted by molar-refractivity contribution is 8.00. The topological polar surface area (TPSA) is 52.6 Å². The Bertz CT molecular complexity index is 367. The number of carbonyl (C=O) groups excluding carboxylic acids is 2. The number of esters is 2. The Balaban J connectivity index is 1.31. The van der Waals surface area contributed by atoms with Gasteiger partial charge >= 0.3 is 11.9 Å². The Kier molecular flexibility index (Phi) is 10.8. The van der Waals surface area contributed by atoms with Crippen molar-refractivity contribution in [2.75, 3.05) is 36.2 Å². The standard InChI is InChI=1S/C19H32O4S2/c20-18-14-16(6-8-22-18)4-1-10-24-12-3-13-25-11-2-5-17-7-9-23-19(21)15-17/h16-17H,1-15H2. The molecular formula is C19H32O4S2. The van der Waals surface area contributed by atoms with Gasteiger partial charge in [-0.2, -0.15) is 23.5 Å². The van der Waals surface area contributed by atoms with Crippen LogP contribution in [0.4, 0.5) is 0 Å². The third kappa shape index (κ3) is 9.78. The van der Waals surface area contributed by atoms with Crippen molar-refractivity contribution in [3.8, 4) is 0 Å². The van der Waals surface area contributed by atoms with E-state index in [4.69, 9.17) is 9.47 Å². The minimum atomic E-state index is -0.00986. The molecule has 2 fully saturated rings. The van der Waals surface area contributed by atoms with Gasteiger partial charge in [0.25, 0.3) is 0 Å². The van der Waals surface area contributed by atoms with Crippen molar-refractivity contribution in [3.05, 3.63) is 0 Å². The van der Waals surface area contributed by atoms with E-state index >= 15 is 0 Å². The van der Waals surface area contributed by atoms with Crippen LogP contribution in [0.3, 0.4) is 0 Å². The Hall–Kier alpha value is -0.360. The minimum Gasteiger partial charge on any atom is -0.466 e. The van der Waals surface area contributed by atoms with E-state index in [0.717, 1.165) is 12.8 Å². The molecule has 0 radical (unpaired) electrons. The fourth-order valence-electron chi connectivity index (χ4n) is 3.38. The minimum absolute atomic E-state index is 0.00986. The van der Waals surface area contributed by atoms with Crippen LogP contribution in [0.2, 0.25) is 0 Å². The molecule has 0 saturated carbocycles. The van der Waals surface area contributed by atoms with Crippen LogP contribution in [0, 0.1) is 11.8 Å². The van der Waals surface area contributed by atoms with Gasteiger partial charge in [-0.05, 0) is 79.8 Å².